The van der Waals surface area contributed by atoms with Crippen molar-refractivity contribution in [2.45, 2.75) is 19.1 Å². The number of methoxy groups -OCH3 is 1. The number of ether oxygens (including phenoxy) is 2. The van der Waals surface area contributed by atoms with E-state index in [1.54, 1.807) is 43.5 Å². The zero-order valence-corrected chi connectivity index (χ0v) is 18.0. The highest BCUT2D eigenvalue weighted by molar-refractivity contribution is 5.96. The van der Waals surface area contributed by atoms with E-state index in [0.29, 0.717) is 5.75 Å². The summed E-state index contributed by atoms with van der Waals surface area (Å²) in [6.07, 6.45) is 2.31. The van der Waals surface area contributed by atoms with Crippen LogP contribution < -0.4 is 20.9 Å². The number of benzene rings is 2. The molecule has 1 aromatic heterocycles. The highest BCUT2D eigenvalue weighted by atomic mass is 16.5. The van der Waals surface area contributed by atoms with Crippen molar-refractivity contribution in [3.63, 3.8) is 0 Å². The number of hydrogen-bond donors (Lipinski definition) is 3. The number of hydrogen-bond acceptors (Lipinski definition) is 6. The molecule has 3 amide bonds. The smallest absolute Gasteiger partial charge is 0.408 e. The molecule has 0 aliphatic rings. The van der Waals surface area contributed by atoms with Crippen molar-refractivity contribution in [1.82, 2.24) is 21.2 Å². The number of nitrogens with zero attached hydrogens (tertiary/aromatic N) is 1. The van der Waals surface area contributed by atoms with Gasteiger partial charge in [-0.3, -0.25) is 25.4 Å². The molecular formula is C24H24N4O5. The standard InChI is InChI=1S/C24H24N4O5/c1-32-20-11-9-17(10-12-20)14-21(26-24(31)33-16-18-6-3-2-4-7-18)23(30)28-27-22(29)19-8-5-13-25-15-19/h2-13,15,21H,14,16H2,1H3,(H,26,31)(H,27,29)(H,28,30). The Balaban J connectivity index is 1.63. The predicted octanol–water partition coefficient (Wildman–Crippen LogP) is 2.39. The lowest BCUT2D eigenvalue weighted by Crippen LogP contribution is -2.53. The summed E-state index contributed by atoms with van der Waals surface area (Å²) in [5, 5.41) is 2.56. The van der Waals surface area contributed by atoms with Crippen LogP contribution in [0.2, 0.25) is 0 Å². The highest BCUT2D eigenvalue weighted by Gasteiger charge is 2.23. The van der Waals surface area contributed by atoms with Crippen LogP contribution in [0.3, 0.4) is 0 Å². The van der Waals surface area contributed by atoms with Crippen LogP contribution in [0.5, 0.6) is 5.75 Å². The zero-order valence-electron chi connectivity index (χ0n) is 18.0. The third-order valence-electron chi connectivity index (χ3n) is 4.64. The van der Waals surface area contributed by atoms with Crippen molar-refractivity contribution in [1.29, 1.82) is 0 Å². The summed E-state index contributed by atoms with van der Waals surface area (Å²) >= 11 is 0. The normalized spacial score (nSPS) is 11.1. The number of hydrazine groups is 1. The molecule has 9 nitrogen and oxygen atoms in total. The lowest BCUT2D eigenvalue weighted by Gasteiger charge is -2.19. The number of alkyl carbamates (subject to hydrolysis) is 1. The van der Waals surface area contributed by atoms with Gasteiger partial charge in [-0.1, -0.05) is 42.5 Å². The molecule has 9 heteroatoms. The molecule has 3 rings (SSSR count). The van der Waals surface area contributed by atoms with Crippen molar-refractivity contribution in [2.75, 3.05) is 7.11 Å². The first-order valence-electron chi connectivity index (χ1n) is 10.2. The molecule has 0 saturated carbocycles. The zero-order chi connectivity index (χ0) is 23.5. The minimum absolute atomic E-state index is 0.0568. The Labute approximate surface area is 191 Å². The molecule has 3 aromatic rings. The van der Waals surface area contributed by atoms with Crippen molar-refractivity contribution < 1.29 is 23.9 Å². The van der Waals surface area contributed by atoms with Gasteiger partial charge in [0.1, 0.15) is 18.4 Å². The Kier molecular flexibility index (Phi) is 8.35. The van der Waals surface area contributed by atoms with Gasteiger partial charge in [-0.05, 0) is 35.4 Å². The number of aromatic nitrogens is 1. The number of carbonyl (C=O) groups excluding carboxylic acids is 3. The van der Waals surface area contributed by atoms with Crippen LogP contribution in [0.25, 0.3) is 0 Å². The van der Waals surface area contributed by atoms with Crippen LogP contribution in [-0.2, 0) is 22.6 Å². The molecule has 1 unspecified atom stereocenters. The van der Waals surface area contributed by atoms with E-state index in [9.17, 15) is 14.4 Å². The predicted molar refractivity (Wildman–Crippen MR) is 120 cm³/mol. The number of carbonyl (C=O) groups is 3. The molecule has 1 atom stereocenters. The maximum absolute atomic E-state index is 12.8. The molecule has 3 N–H and O–H groups in total. The van der Waals surface area contributed by atoms with Crippen LogP contribution in [-0.4, -0.2) is 36.0 Å². The number of pyridine rings is 1. The Morgan fingerprint density at radius 3 is 2.33 bits per heavy atom. The molecule has 1 heterocycles. The lowest BCUT2D eigenvalue weighted by atomic mass is 10.1. The number of rotatable bonds is 8. The van der Waals surface area contributed by atoms with Crippen LogP contribution >= 0.6 is 0 Å². The summed E-state index contributed by atoms with van der Waals surface area (Å²) in [5.41, 5.74) is 6.53. The van der Waals surface area contributed by atoms with Gasteiger partial charge in [-0.25, -0.2) is 4.79 Å². The van der Waals surface area contributed by atoms with E-state index in [-0.39, 0.29) is 18.6 Å². The topological polar surface area (TPSA) is 119 Å². The number of amides is 3. The number of nitrogens with one attached hydrogen (secondary N) is 3. The summed E-state index contributed by atoms with van der Waals surface area (Å²) in [7, 11) is 1.56. The highest BCUT2D eigenvalue weighted by Crippen LogP contribution is 2.13. The van der Waals surface area contributed by atoms with E-state index in [0.717, 1.165) is 11.1 Å². The monoisotopic (exact) mass is 448 g/mol. The van der Waals surface area contributed by atoms with Crippen LogP contribution in [0.1, 0.15) is 21.5 Å². The van der Waals surface area contributed by atoms with Gasteiger partial charge in [0.05, 0.1) is 12.7 Å². The van der Waals surface area contributed by atoms with Crippen LogP contribution in [0.4, 0.5) is 4.79 Å². The third-order valence-corrected chi connectivity index (χ3v) is 4.64. The quantitative estimate of drug-likeness (QED) is 0.456. The molecule has 0 aliphatic heterocycles. The van der Waals surface area contributed by atoms with Crippen LogP contribution in [0.15, 0.2) is 79.1 Å². The van der Waals surface area contributed by atoms with Gasteiger partial charge in [-0.2, -0.15) is 0 Å². The minimum Gasteiger partial charge on any atom is -0.497 e. The molecule has 0 saturated heterocycles. The van der Waals surface area contributed by atoms with Gasteiger partial charge in [0.15, 0.2) is 0 Å². The molecule has 0 spiro atoms. The molecule has 33 heavy (non-hydrogen) atoms. The fraction of sp³-hybridized carbons (Fsp3) is 0.167. The Hall–Kier alpha value is -4.40. The van der Waals surface area contributed by atoms with Gasteiger partial charge in [-0.15, -0.1) is 0 Å². The summed E-state index contributed by atoms with van der Waals surface area (Å²) in [4.78, 5) is 41.2. The molecule has 170 valence electrons. The first-order chi connectivity index (χ1) is 16.0. The maximum Gasteiger partial charge on any atom is 0.408 e. The summed E-state index contributed by atoms with van der Waals surface area (Å²) < 4.78 is 10.4. The summed E-state index contributed by atoms with van der Waals surface area (Å²) in [6, 6.07) is 18.4. The lowest BCUT2D eigenvalue weighted by molar-refractivity contribution is -0.123. The van der Waals surface area contributed by atoms with E-state index in [2.05, 4.69) is 21.2 Å². The molecular weight excluding hydrogens is 424 g/mol. The van der Waals surface area contributed by atoms with Gasteiger partial charge >= 0.3 is 6.09 Å². The fourth-order valence-corrected chi connectivity index (χ4v) is 2.89. The van der Waals surface area contributed by atoms with Crippen molar-refractivity contribution in [2.24, 2.45) is 0 Å². The van der Waals surface area contributed by atoms with E-state index in [1.165, 1.54) is 12.4 Å². The first kappa shape index (κ1) is 23.3. The van der Waals surface area contributed by atoms with Gasteiger partial charge < -0.3 is 14.8 Å². The second-order valence-corrected chi connectivity index (χ2v) is 7.00. The average molecular weight is 448 g/mol. The second-order valence-electron chi connectivity index (χ2n) is 7.00. The van der Waals surface area contributed by atoms with Gasteiger partial charge in [0, 0.05) is 18.8 Å². The maximum atomic E-state index is 12.8. The molecule has 0 aliphatic carbocycles. The van der Waals surface area contributed by atoms with Crippen LogP contribution in [0, 0.1) is 0 Å². The average Bonchev–Trinajstić information content (AvgIpc) is 2.87. The van der Waals surface area contributed by atoms with Crippen molar-refractivity contribution in [3.05, 3.63) is 95.8 Å². The molecule has 0 bridgehead atoms. The van der Waals surface area contributed by atoms with E-state index < -0.39 is 23.9 Å². The van der Waals surface area contributed by atoms with E-state index >= 15 is 0 Å². The second kappa shape index (κ2) is 11.8. The molecule has 2 aromatic carbocycles. The molecule has 0 radical (unpaired) electrons. The van der Waals surface area contributed by atoms with Crippen molar-refractivity contribution in [3.8, 4) is 5.75 Å². The van der Waals surface area contributed by atoms with E-state index in [1.807, 2.05) is 30.3 Å². The fourth-order valence-electron chi connectivity index (χ4n) is 2.89. The Morgan fingerprint density at radius 2 is 1.67 bits per heavy atom. The Morgan fingerprint density at radius 1 is 0.909 bits per heavy atom. The SMILES string of the molecule is COc1ccc(CC(NC(=O)OCc2ccccc2)C(=O)NNC(=O)c2cccnc2)cc1. The first-order valence-corrected chi connectivity index (χ1v) is 10.2. The van der Waals surface area contributed by atoms with Gasteiger partial charge in [0.2, 0.25) is 0 Å². The summed E-state index contributed by atoms with van der Waals surface area (Å²) in [6.45, 7) is 0.0568. The van der Waals surface area contributed by atoms with E-state index in [4.69, 9.17) is 9.47 Å². The largest absolute Gasteiger partial charge is 0.497 e. The minimum atomic E-state index is -1.00. The van der Waals surface area contributed by atoms with Gasteiger partial charge in [0.25, 0.3) is 11.8 Å². The molecule has 0 fully saturated rings. The Bertz CT molecular complexity index is 1060. The van der Waals surface area contributed by atoms with Crippen molar-refractivity contribution >= 4 is 17.9 Å². The third kappa shape index (κ3) is 7.35. The summed E-state index contributed by atoms with van der Waals surface area (Å²) in [5.74, 6) is -0.482.